The molecule has 0 bridgehead atoms. The molecule has 3 heterocycles. The highest BCUT2D eigenvalue weighted by atomic mass is 32.2. The number of thioether (sulfide) groups is 1. The van der Waals surface area contributed by atoms with Gasteiger partial charge in [0.15, 0.2) is 10.8 Å². The van der Waals surface area contributed by atoms with Crippen LogP contribution in [0.2, 0.25) is 0 Å². The molecule has 3 aromatic heterocycles. The van der Waals surface area contributed by atoms with Crippen molar-refractivity contribution in [2.75, 3.05) is 11.1 Å². The number of thiazole rings is 1. The Bertz CT molecular complexity index is 1250. The molecule has 1 amide bonds. The van der Waals surface area contributed by atoms with Crippen molar-refractivity contribution < 1.29 is 9.18 Å². The number of rotatable bonds is 6. The molecule has 0 aliphatic carbocycles. The predicted molar refractivity (Wildman–Crippen MR) is 108 cm³/mol. The number of nitrogens with zero attached hydrogens (tertiary/aromatic N) is 6. The van der Waals surface area contributed by atoms with E-state index in [9.17, 15) is 14.0 Å². The van der Waals surface area contributed by atoms with Gasteiger partial charge in [-0.1, -0.05) is 0 Å². The van der Waals surface area contributed by atoms with E-state index in [0.717, 1.165) is 0 Å². The fourth-order valence-corrected chi connectivity index (χ4v) is 4.06. The quantitative estimate of drug-likeness (QED) is 0.498. The molecule has 9 nitrogen and oxygen atoms in total. The standard InChI is InChI=1S/C17H14FN7O2S2/c1-10-21-22-23-25(10)12-2-3-13(18)14(7-12)20-15(26)9-28-8-11-6-16(27)24-4-5-29-17(24)19-11/h2-7H,8-9H2,1H3,(H,20,26). The first-order chi connectivity index (χ1) is 14.0. The highest BCUT2D eigenvalue weighted by molar-refractivity contribution is 7.99. The van der Waals surface area contributed by atoms with Gasteiger partial charge in [0.25, 0.3) is 5.56 Å². The van der Waals surface area contributed by atoms with Crippen molar-refractivity contribution >= 4 is 39.7 Å². The van der Waals surface area contributed by atoms with Crippen molar-refractivity contribution in [3.05, 3.63) is 63.5 Å². The zero-order valence-electron chi connectivity index (χ0n) is 15.1. The molecule has 1 aromatic carbocycles. The molecule has 0 aliphatic heterocycles. The SMILES string of the molecule is Cc1nnnn1-c1ccc(F)c(NC(=O)CSCc2cc(=O)n3ccsc3n2)c1. The molecule has 148 valence electrons. The average Bonchev–Trinajstić information content (AvgIpc) is 3.33. The van der Waals surface area contributed by atoms with Crippen LogP contribution < -0.4 is 10.9 Å². The van der Waals surface area contributed by atoms with Crippen LogP contribution in [-0.2, 0) is 10.5 Å². The average molecular weight is 431 g/mol. The van der Waals surface area contributed by atoms with Crippen LogP contribution in [0.5, 0.6) is 0 Å². The van der Waals surface area contributed by atoms with Gasteiger partial charge in [-0.05, 0) is 35.5 Å². The molecule has 12 heteroatoms. The molecular weight excluding hydrogens is 417 g/mol. The lowest BCUT2D eigenvalue weighted by Crippen LogP contribution is -2.16. The topological polar surface area (TPSA) is 107 Å². The number of anilines is 1. The number of carbonyl (C=O) groups is 1. The summed E-state index contributed by atoms with van der Waals surface area (Å²) in [7, 11) is 0. The number of halogens is 1. The van der Waals surface area contributed by atoms with Crippen LogP contribution in [0.25, 0.3) is 10.6 Å². The van der Waals surface area contributed by atoms with Crippen LogP contribution in [0.3, 0.4) is 0 Å². The van der Waals surface area contributed by atoms with E-state index in [1.165, 1.54) is 56.4 Å². The number of aryl methyl sites for hydroxylation is 1. The number of fused-ring (bicyclic) bond motifs is 1. The number of nitrogens with one attached hydrogen (secondary N) is 1. The van der Waals surface area contributed by atoms with Crippen LogP contribution in [0, 0.1) is 12.7 Å². The third-order valence-corrected chi connectivity index (χ3v) is 5.66. The van der Waals surface area contributed by atoms with Crippen molar-refractivity contribution in [3.63, 3.8) is 0 Å². The lowest BCUT2D eigenvalue weighted by Gasteiger charge is -2.09. The summed E-state index contributed by atoms with van der Waals surface area (Å²) >= 11 is 2.65. The molecule has 0 aliphatic rings. The largest absolute Gasteiger partial charge is 0.323 e. The number of amides is 1. The fraction of sp³-hybridized carbons (Fsp3) is 0.176. The first-order valence-corrected chi connectivity index (χ1v) is 10.4. The number of tetrazole rings is 1. The van der Waals surface area contributed by atoms with Crippen LogP contribution in [0.15, 0.2) is 40.6 Å². The maximum atomic E-state index is 14.1. The Balaban J connectivity index is 1.39. The second-order valence-corrected chi connectivity index (χ2v) is 7.84. The van der Waals surface area contributed by atoms with E-state index in [1.807, 2.05) is 0 Å². The summed E-state index contributed by atoms with van der Waals surface area (Å²) in [5, 5.41) is 15.5. The van der Waals surface area contributed by atoms with Gasteiger partial charge in [-0.25, -0.2) is 9.37 Å². The molecule has 4 aromatic rings. The van der Waals surface area contributed by atoms with E-state index < -0.39 is 5.82 Å². The highest BCUT2D eigenvalue weighted by Gasteiger charge is 2.12. The molecule has 1 N–H and O–H groups in total. The van der Waals surface area contributed by atoms with E-state index in [-0.39, 0.29) is 22.9 Å². The van der Waals surface area contributed by atoms with E-state index in [0.29, 0.717) is 27.9 Å². The number of hydrogen-bond acceptors (Lipinski definition) is 8. The summed E-state index contributed by atoms with van der Waals surface area (Å²) in [6, 6.07) is 5.68. The number of aromatic nitrogens is 6. The van der Waals surface area contributed by atoms with Crippen LogP contribution >= 0.6 is 23.1 Å². The van der Waals surface area contributed by atoms with Gasteiger partial charge in [0.2, 0.25) is 5.91 Å². The Morgan fingerprint density at radius 3 is 3.00 bits per heavy atom. The second kappa shape index (κ2) is 8.09. The molecule has 29 heavy (non-hydrogen) atoms. The lowest BCUT2D eigenvalue weighted by molar-refractivity contribution is -0.113. The Morgan fingerprint density at radius 2 is 2.21 bits per heavy atom. The monoisotopic (exact) mass is 431 g/mol. The van der Waals surface area contributed by atoms with E-state index in [4.69, 9.17) is 0 Å². The van der Waals surface area contributed by atoms with Gasteiger partial charge < -0.3 is 5.32 Å². The van der Waals surface area contributed by atoms with Gasteiger partial charge >= 0.3 is 0 Å². The second-order valence-electron chi connectivity index (χ2n) is 5.98. The van der Waals surface area contributed by atoms with E-state index >= 15 is 0 Å². The predicted octanol–water partition coefficient (Wildman–Crippen LogP) is 2.05. The summed E-state index contributed by atoms with van der Waals surface area (Å²) in [6.45, 7) is 1.71. The van der Waals surface area contributed by atoms with Crippen molar-refractivity contribution in [2.24, 2.45) is 0 Å². The number of carbonyl (C=O) groups excluding carboxylic acids is 1. The van der Waals surface area contributed by atoms with Crippen LogP contribution in [0.4, 0.5) is 10.1 Å². The van der Waals surface area contributed by atoms with Gasteiger partial charge in [-0.2, -0.15) is 4.68 Å². The van der Waals surface area contributed by atoms with Gasteiger partial charge in [-0.3, -0.25) is 14.0 Å². The number of benzene rings is 1. The van der Waals surface area contributed by atoms with Crippen molar-refractivity contribution in [1.82, 2.24) is 29.6 Å². The van der Waals surface area contributed by atoms with Crippen molar-refractivity contribution in [3.8, 4) is 5.69 Å². The molecule has 0 radical (unpaired) electrons. The first kappa shape index (κ1) is 19.2. The summed E-state index contributed by atoms with van der Waals surface area (Å²) in [4.78, 5) is 29.2. The highest BCUT2D eigenvalue weighted by Crippen LogP contribution is 2.20. The van der Waals surface area contributed by atoms with Gasteiger partial charge in [-0.15, -0.1) is 28.2 Å². The minimum Gasteiger partial charge on any atom is -0.323 e. The zero-order chi connectivity index (χ0) is 20.4. The molecular formula is C17H14FN7O2S2. The van der Waals surface area contributed by atoms with Gasteiger partial charge in [0.1, 0.15) is 5.82 Å². The normalized spacial score (nSPS) is 11.1. The Labute approximate surface area is 171 Å². The molecule has 4 rings (SSSR count). The van der Waals surface area contributed by atoms with Gasteiger partial charge in [0.05, 0.1) is 22.8 Å². The zero-order valence-corrected chi connectivity index (χ0v) is 16.7. The summed E-state index contributed by atoms with van der Waals surface area (Å²) in [6.07, 6.45) is 1.67. The maximum Gasteiger partial charge on any atom is 0.258 e. The van der Waals surface area contributed by atoms with Crippen LogP contribution in [0.1, 0.15) is 11.5 Å². The summed E-state index contributed by atoms with van der Waals surface area (Å²) in [5.41, 5.74) is 1.01. The maximum absolute atomic E-state index is 14.1. The van der Waals surface area contributed by atoms with E-state index in [2.05, 4.69) is 25.8 Å². The molecule has 0 saturated carbocycles. The molecule has 0 atom stereocenters. The lowest BCUT2D eigenvalue weighted by atomic mass is 10.2. The molecule has 0 saturated heterocycles. The third-order valence-electron chi connectivity index (χ3n) is 3.93. The fourth-order valence-electron chi connectivity index (χ4n) is 2.61. The Hall–Kier alpha value is -3.12. The molecule has 0 spiro atoms. The van der Waals surface area contributed by atoms with Crippen molar-refractivity contribution in [1.29, 1.82) is 0 Å². The summed E-state index contributed by atoms with van der Waals surface area (Å²) in [5.74, 6) is 0.0854. The molecule has 0 unspecified atom stereocenters. The Kier molecular flexibility index (Phi) is 5.36. The van der Waals surface area contributed by atoms with Gasteiger partial charge in [0, 0.05) is 23.4 Å². The minimum atomic E-state index is -0.560. The Morgan fingerprint density at radius 1 is 1.34 bits per heavy atom. The number of hydrogen-bond donors (Lipinski definition) is 1. The smallest absolute Gasteiger partial charge is 0.258 e. The minimum absolute atomic E-state index is 0.0411. The molecule has 0 fully saturated rings. The van der Waals surface area contributed by atoms with Crippen LogP contribution in [-0.4, -0.2) is 41.3 Å². The van der Waals surface area contributed by atoms with E-state index in [1.54, 1.807) is 18.5 Å². The summed E-state index contributed by atoms with van der Waals surface area (Å²) < 4.78 is 17.0. The third kappa shape index (κ3) is 4.17. The van der Waals surface area contributed by atoms with Crippen molar-refractivity contribution in [2.45, 2.75) is 12.7 Å². The first-order valence-electron chi connectivity index (χ1n) is 8.39.